The van der Waals surface area contributed by atoms with E-state index in [1.165, 1.54) is 23.3 Å². The van der Waals surface area contributed by atoms with Crippen molar-refractivity contribution < 1.29 is 0 Å². The van der Waals surface area contributed by atoms with E-state index in [2.05, 4.69) is 15.3 Å². The van der Waals surface area contributed by atoms with Crippen LogP contribution in [0.2, 0.25) is 0 Å². The van der Waals surface area contributed by atoms with Crippen LogP contribution in [0.1, 0.15) is 5.56 Å². The van der Waals surface area contributed by atoms with E-state index in [0.29, 0.717) is 5.56 Å². The van der Waals surface area contributed by atoms with Crippen molar-refractivity contribution in [2.75, 3.05) is 0 Å². The maximum absolute atomic E-state index is 7.06. The van der Waals surface area contributed by atoms with Crippen molar-refractivity contribution in [1.29, 1.82) is 5.41 Å². The first kappa shape index (κ1) is 9.71. The fourth-order valence-electron chi connectivity index (χ4n) is 0.697. The molecular formula is C6H10N8. The van der Waals surface area contributed by atoms with Crippen molar-refractivity contribution >= 4 is 18.1 Å². The van der Waals surface area contributed by atoms with Crippen molar-refractivity contribution in [3.05, 3.63) is 18.0 Å². The molecule has 0 amide bonds. The number of aromatic nitrogens is 2. The lowest BCUT2D eigenvalue weighted by molar-refractivity contribution is 0.911. The number of nitrogens with two attached hydrogens (primary N) is 3. The monoisotopic (exact) mass is 194 g/mol. The van der Waals surface area contributed by atoms with Crippen LogP contribution in [0.15, 0.2) is 22.6 Å². The topological polar surface area (TPSA) is 144 Å². The number of nitrogens with zero attached hydrogens (tertiary/aromatic N) is 4. The zero-order chi connectivity index (χ0) is 10.6. The van der Waals surface area contributed by atoms with Gasteiger partial charge in [-0.25, -0.2) is 4.68 Å². The molecule has 7 N–H and O–H groups in total. The van der Waals surface area contributed by atoms with Gasteiger partial charge >= 0.3 is 0 Å². The summed E-state index contributed by atoms with van der Waals surface area (Å²) >= 11 is 0. The van der Waals surface area contributed by atoms with Crippen LogP contribution in [0.5, 0.6) is 0 Å². The standard InChI is InChI=1S/C6H10N8/c7-5(8)13-11-1-4-2-12-14(3-4)6(9)10/h1-3H,(H3,9,10)(H4,7,8,13)/b11-1-. The normalized spacial score (nSPS) is 10.3. The molecule has 74 valence electrons. The Morgan fingerprint density at radius 2 is 2.21 bits per heavy atom. The lowest BCUT2D eigenvalue weighted by Gasteiger charge is -1.91. The lowest BCUT2D eigenvalue weighted by Crippen LogP contribution is -2.21. The third-order valence-electron chi connectivity index (χ3n) is 1.23. The summed E-state index contributed by atoms with van der Waals surface area (Å²) in [6, 6.07) is 0. The number of rotatable bonds is 2. The zero-order valence-corrected chi connectivity index (χ0v) is 7.25. The Hall–Kier alpha value is -2.38. The molecule has 0 atom stereocenters. The maximum Gasteiger partial charge on any atom is 0.213 e. The zero-order valence-electron chi connectivity index (χ0n) is 7.25. The second-order valence-electron chi connectivity index (χ2n) is 2.37. The van der Waals surface area contributed by atoms with Crippen LogP contribution in [-0.2, 0) is 0 Å². The van der Waals surface area contributed by atoms with Crippen molar-refractivity contribution in [1.82, 2.24) is 9.78 Å². The summed E-state index contributed by atoms with van der Waals surface area (Å²) in [5, 5.41) is 17.8. The molecular weight excluding hydrogens is 184 g/mol. The molecule has 0 spiro atoms. The highest BCUT2D eigenvalue weighted by Gasteiger charge is 1.96. The highest BCUT2D eigenvalue weighted by molar-refractivity contribution is 5.83. The predicted octanol–water partition coefficient (Wildman–Crippen LogP) is -1.77. The van der Waals surface area contributed by atoms with Crippen LogP contribution >= 0.6 is 0 Å². The fraction of sp³-hybridized carbons (Fsp3) is 0. The summed E-state index contributed by atoms with van der Waals surface area (Å²) in [6.45, 7) is 0. The average Bonchev–Trinajstić information content (AvgIpc) is 2.52. The summed E-state index contributed by atoms with van der Waals surface area (Å²) in [5.74, 6) is -0.299. The van der Waals surface area contributed by atoms with Gasteiger partial charge in [-0.3, -0.25) is 5.41 Å². The van der Waals surface area contributed by atoms with Gasteiger partial charge in [0.2, 0.25) is 11.9 Å². The first-order chi connectivity index (χ1) is 6.59. The van der Waals surface area contributed by atoms with E-state index in [4.69, 9.17) is 22.6 Å². The van der Waals surface area contributed by atoms with E-state index >= 15 is 0 Å². The Morgan fingerprint density at radius 3 is 2.71 bits per heavy atom. The number of nitrogens with one attached hydrogen (secondary N) is 1. The van der Waals surface area contributed by atoms with Crippen LogP contribution in [-0.4, -0.2) is 27.9 Å². The highest BCUT2D eigenvalue weighted by Crippen LogP contribution is 1.92. The summed E-state index contributed by atoms with van der Waals surface area (Å²) in [4.78, 5) is 0. The van der Waals surface area contributed by atoms with E-state index < -0.39 is 0 Å². The molecule has 0 radical (unpaired) electrons. The summed E-state index contributed by atoms with van der Waals surface area (Å²) in [5.41, 5.74) is 15.9. The summed E-state index contributed by atoms with van der Waals surface area (Å²) in [7, 11) is 0. The molecule has 0 bridgehead atoms. The maximum atomic E-state index is 7.06. The first-order valence-corrected chi connectivity index (χ1v) is 3.60. The highest BCUT2D eigenvalue weighted by atomic mass is 15.3. The van der Waals surface area contributed by atoms with Crippen molar-refractivity contribution in [3.8, 4) is 0 Å². The molecule has 0 unspecified atom stereocenters. The van der Waals surface area contributed by atoms with Crippen molar-refractivity contribution in [3.63, 3.8) is 0 Å². The minimum absolute atomic E-state index is 0.125. The van der Waals surface area contributed by atoms with Gasteiger partial charge in [-0.15, -0.1) is 5.10 Å². The number of hydrogen-bond donors (Lipinski definition) is 4. The Bertz CT molecular complexity index is 382. The Morgan fingerprint density at radius 1 is 1.50 bits per heavy atom. The van der Waals surface area contributed by atoms with Crippen LogP contribution < -0.4 is 17.2 Å². The SMILES string of the molecule is N=C(N)n1cc(/C=N\N=C(N)N)cn1. The third kappa shape index (κ3) is 2.59. The lowest BCUT2D eigenvalue weighted by atomic mass is 10.4. The molecule has 0 aliphatic carbocycles. The van der Waals surface area contributed by atoms with Crippen molar-refractivity contribution in [2.24, 2.45) is 27.4 Å². The number of hydrogen-bond acceptors (Lipinski definition) is 4. The molecule has 14 heavy (non-hydrogen) atoms. The molecule has 0 aromatic carbocycles. The van der Waals surface area contributed by atoms with Gasteiger partial charge in [-0.1, -0.05) is 0 Å². The van der Waals surface area contributed by atoms with Gasteiger partial charge in [0.05, 0.1) is 12.4 Å². The van der Waals surface area contributed by atoms with Crippen LogP contribution in [0.4, 0.5) is 0 Å². The second-order valence-corrected chi connectivity index (χ2v) is 2.37. The van der Waals surface area contributed by atoms with Crippen molar-refractivity contribution in [2.45, 2.75) is 0 Å². The fourth-order valence-corrected chi connectivity index (χ4v) is 0.697. The summed E-state index contributed by atoms with van der Waals surface area (Å²) in [6.07, 6.45) is 4.40. The van der Waals surface area contributed by atoms with E-state index in [0.717, 1.165) is 0 Å². The van der Waals surface area contributed by atoms with Crippen LogP contribution in [0.3, 0.4) is 0 Å². The molecule has 0 saturated heterocycles. The molecule has 8 nitrogen and oxygen atoms in total. The van der Waals surface area contributed by atoms with Gasteiger partial charge < -0.3 is 17.2 Å². The predicted molar refractivity (Wildman–Crippen MR) is 52.9 cm³/mol. The van der Waals surface area contributed by atoms with Crippen LogP contribution in [0, 0.1) is 5.41 Å². The van der Waals surface area contributed by atoms with E-state index in [-0.39, 0.29) is 11.9 Å². The van der Waals surface area contributed by atoms with E-state index in [9.17, 15) is 0 Å². The molecule has 0 saturated carbocycles. The first-order valence-electron chi connectivity index (χ1n) is 3.60. The molecule has 0 fully saturated rings. The Balaban J connectivity index is 2.74. The van der Waals surface area contributed by atoms with Gasteiger partial charge in [-0.05, 0) is 0 Å². The van der Waals surface area contributed by atoms with Gasteiger partial charge in [0, 0.05) is 11.8 Å². The number of guanidine groups is 1. The third-order valence-corrected chi connectivity index (χ3v) is 1.23. The molecule has 1 heterocycles. The largest absolute Gasteiger partial charge is 0.369 e. The average molecular weight is 194 g/mol. The smallest absolute Gasteiger partial charge is 0.213 e. The molecule has 0 aliphatic rings. The van der Waals surface area contributed by atoms with E-state index in [1.54, 1.807) is 0 Å². The molecule has 0 aliphatic heterocycles. The molecule has 1 aromatic heterocycles. The van der Waals surface area contributed by atoms with Gasteiger partial charge in [-0.2, -0.15) is 10.2 Å². The van der Waals surface area contributed by atoms with Gasteiger partial charge in [0.1, 0.15) is 0 Å². The summed E-state index contributed by atoms with van der Waals surface area (Å²) < 4.78 is 1.19. The minimum Gasteiger partial charge on any atom is -0.369 e. The van der Waals surface area contributed by atoms with Gasteiger partial charge in [0.15, 0.2) is 0 Å². The number of nitrogen functional groups attached to an aromatic ring is 1. The van der Waals surface area contributed by atoms with E-state index in [1.807, 2.05) is 0 Å². The minimum atomic E-state index is -0.175. The Kier molecular flexibility index (Phi) is 2.79. The van der Waals surface area contributed by atoms with Gasteiger partial charge in [0.25, 0.3) is 0 Å². The van der Waals surface area contributed by atoms with Crippen LogP contribution in [0.25, 0.3) is 0 Å². The Labute approximate surface area is 79.6 Å². The molecule has 8 heteroatoms. The molecule has 1 aromatic rings. The second kappa shape index (κ2) is 4.03. The quantitative estimate of drug-likeness (QED) is 0.251. The molecule has 1 rings (SSSR count).